The molecule has 0 radical (unpaired) electrons. The summed E-state index contributed by atoms with van der Waals surface area (Å²) in [5.41, 5.74) is 2.78. The number of fused-ring (bicyclic) bond motifs is 6. The quantitative estimate of drug-likeness (QED) is 0.542. The van der Waals surface area contributed by atoms with Gasteiger partial charge in [0.2, 0.25) is 5.91 Å². The Hall–Kier alpha value is -3.44. The zero-order valence-electron chi connectivity index (χ0n) is 17.7. The molecular formula is C24H21N5O2S. The minimum absolute atomic E-state index is 0.0111. The predicted octanol–water partition coefficient (Wildman–Crippen LogP) is 3.26. The standard InChI is InChI=1S/C24H21N5O2S/c1-15-25-26-22-20-9-5-13-28(20)23(31)18-14-17(32-24(18)29(15)22)7-4-12-27-19-8-3-2-6-16(19)10-11-21(27)30/h2-3,6,8,14,20H,5,9-13H2,1H3/t20-/m0/s1. The fourth-order valence-electron chi connectivity index (χ4n) is 4.92. The predicted molar refractivity (Wildman–Crippen MR) is 121 cm³/mol. The van der Waals surface area contributed by atoms with Crippen LogP contribution in [0, 0.1) is 18.8 Å². The molecule has 1 aromatic carbocycles. The first-order valence-electron chi connectivity index (χ1n) is 10.9. The van der Waals surface area contributed by atoms with E-state index in [0.717, 1.165) is 53.0 Å². The Labute approximate surface area is 189 Å². The molecule has 1 saturated heterocycles. The SMILES string of the molecule is Cc1nnc2n1-c1sc(C#CCN3C(=O)CCc4ccccc43)cc1C(=O)N1CCC[C@@H]21. The number of benzene rings is 1. The van der Waals surface area contributed by atoms with Crippen LogP contribution >= 0.6 is 11.3 Å². The summed E-state index contributed by atoms with van der Waals surface area (Å²) in [4.78, 5) is 30.2. The van der Waals surface area contributed by atoms with Crippen LogP contribution in [0.25, 0.3) is 5.00 Å². The molecule has 7 nitrogen and oxygen atoms in total. The van der Waals surface area contributed by atoms with Gasteiger partial charge in [-0.2, -0.15) is 0 Å². The second kappa shape index (κ2) is 7.31. The molecule has 0 aliphatic carbocycles. The topological polar surface area (TPSA) is 71.3 Å². The van der Waals surface area contributed by atoms with Crippen LogP contribution in [-0.4, -0.2) is 44.6 Å². The van der Waals surface area contributed by atoms with E-state index in [1.807, 2.05) is 40.7 Å². The summed E-state index contributed by atoms with van der Waals surface area (Å²) in [7, 11) is 0. The van der Waals surface area contributed by atoms with Crippen LogP contribution in [0.1, 0.15) is 57.8 Å². The number of carbonyl (C=O) groups excluding carboxylic acids is 2. The second-order valence-corrected chi connectivity index (χ2v) is 9.37. The Balaban J connectivity index is 1.35. The van der Waals surface area contributed by atoms with Gasteiger partial charge in [-0.1, -0.05) is 30.0 Å². The van der Waals surface area contributed by atoms with Gasteiger partial charge < -0.3 is 9.80 Å². The molecule has 3 aromatic rings. The van der Waals surface area contributed by atoms with Crippen LogP contribution in [0.2, 0.25) is 0 Å². The molecule has 8 heteroatoms. The third-order valence-corrected chi connectivity index (χ3v) is 7.48. The third kappa shape index (κ3) is 2.88. The fraction of sp³-hybridized carbons (Fsp3) is 0.333. The van der Waals surface area contributed by atoms with E-state index in [0.29, 0.717) is 18.5 Å². The van der Waals surface area contributed by atoms with Gasteiger partial charge in [-0.15, -0.1) is 21.5 Å². The summed E-state index contributed by atoms with van der Waals surface area (Å²) in [6, 6.07) is 9.86. The molecule has 32 heavy (non-hydrogen) atoms. The second-order valence-electron chi connectivity index (χ2n) is 8.34. The molecular weight excluding hydrogens is 422 g/mol. The van der Waals surface area contributed by atoms with Crippen molar-refractivity contribution in [3.8, 4) is 16.8 Å². The largest absolute Gasteiger partial charge is 0.328 e. The molecule has 1 atom stereocenters. The monoisotopic (exact) mass is 443 g/mol. The number of nitrogens with zero attached hydrogens (tertiary/aromatic N) is 5. The Morgan fingerprint density at radius 1 is 1.19 bits per heavy atom. The van der Waals surface area contributed by atoms with E-state index in [1.165, 1.54) is 16.9 Å². The van der Waals surface area contributed by atoms with E-state index in [-0.39, 0.29) is 17.9 Å². The van der Waals surface area contributed by atoms with E-state index in [4.69, 9.17) is 0 Å². The van der Waals surface area contributed by atoms with Gasteiger partial charge in [-0.25, -0.2) is 0 Å². The Morgan fingerprint density at radius 2 is 2.06 bits per heavy atom. The number of aromatic nitrogens is 3. The minimum atomic E-state index is -0.0111. The van der Waals surface area contributed by atoms with E-state index < -0.39 is 0 Å². The van der Waals surface area contributed by atoms with Crippen molar-refractivity contribution < 1.29 is 9.59 Å². The molecule has 3 aliphatic rings. The van der Waals surface area contributed by atoms with Gasteiger partial charge in [0.1, 0.15) is 10.8 Å². The lowest BCUT2D eigenvalue weighted by Crippen LogP contribution is -2.35. The first kappa shape index (κ1) is 19.3. The minimum Gasteiger partial charge on any atom is -0.328 e. The van der Waals surface area contributed by atoms with Gasteiger partial charge in [0.05, 0.1) is 23.0 Å². The molecule has 0 N–H and O–H groups in total. The normalized spacial score (nSPS) is 19.0. The number of amides is 2. The maximum atomic E-state index is 13.3. The van der Waals surface area contributed by atoms with Crippen LogP contribution in [0.15, 0.2) is 30.3 Å². The van der Waals surface area contributed by atoms with Crippen molar-refractivity contribution in [1.29, 1.82) is 0 Å². The Bertz CT molecular complexity index is 1330. The van der Waals surface area contributed by atoms with Crippen molar-refractivity contribution in [1.82, 2.24) is 19.7 Å². The van der Waals surface area contributed by atoms with Gasteiger partial charge in [-0.05, 0) is 43.9 Å². The van der Waals surface area contributed by atoms with Crippen LogP contribution in [0.3, 0.4) is 0 Å². The summed E-state index contributed by atoms with van der Waals surface area (Å²) in [6.07, 6.45) is 3.17. The van der Waals surface area contributed by atoms with Gasteiger partial charge in [0.25, 0.3) is 5.91 Å². The molecule has 2 amide bonds. The lowest BCUT2D eigenvalue weighted by molar-refractivity contribution is -0.118. The van der Waals surface area contributed by atoms with Crippen molar-refractivity contribution in [3.63, 3.8) is 0 Å². The van der Waals surface area contributed by atoms with Crippen molar-refractivity contribution in [2.24, 2.45) is 0 Å². The lowest BCUT2D eigenvalue weighted by atomic mass is 10.0. The van der Waals surface area contributed by atoms with Gasteiger partial charge in [0, 0.05) is 18.7 Å². The smallest absolute Gasteiger partial charge is 0.257 e. The van der Waals surface area contributed by atoms with Crippen LogP contribution < -0.4 is 4.90 Å². The number of rotatable bonds is 1. The average molecular weight is 444 g/mol. The molecule has 6 rings (SSSR count). The summed E-state index contributed by atoms with van der Waals surface area (Å²) >= 11 is 1.48. The molecule has 0 spiro atoms. The highest BCUT2D eigenvalue weighted by molar-refractivity contribution is 7.15. The number of aryl methyl sites for hydroxylation is 2. The van der Waals surface area contributed by atoms with Crippen molar-refractivity contribution in [2.75, 3.05) is 18.0 Å². The zero-order valence-corrected chi connectivity index (χ0v) is 18.5. The zero-order chi connectivity index (χ0) is 21.8. The van der Waals surface area contributed by atoms with E-state index in [1.54, 1.807) is 4.90 Å². The van der Waals surface area contributed by atoms with Crippen LogP contribution in [0.5, 0.6) is 0 Å². The highest BCUT2D eigenvalue weighted by Crippen LogP contribution is 2.40. The molecule has 0 saturated carbocycles. The summed E-state index contributed by atoms with van der Waals surface area (Å²) in [6.45, 7) is 2.99. The van der Waals surface area contributed by atoms with E-state index >= 15 is 0 Å². The molecule has 0 unspecified atom stereocenters. The average Bonchev–Trinajstić information content (AvgIpc) is 3.51. The van der Waals surface area contributed by atoms with Crippen LogP contribution in [0.4, 0.5) is 5.69 Å². The highest BCUT2D eigenvalue weighted by atomic mass is 32.1. The Morgan fingerprint density at radius 3 is 2.97 bits per heavy atom. The summed E-state index contributed by atoms with van der Waals surface area (Å²) < 4.78 is 2.02. The first-order valence-corrected chi connectivity index (χ1v) is 11.7. The summed E-state index contributed by atoms with van der Waals surface area (Å²) in [5, 5.41) is 9.53. The van der Waals surface area contributed by atoms with Crippen molar-refractivity contribution >= 4 is 28.8 Å². The number of anilines is 1. The van der Waals surface area contributed by atoms with Crippen molar-refractivity contribution in [2.45, 2.75) is 38.6 Å². The fourth-order valence-corrected chi connectivity index (χ4v) is 6.00. The number of para-hydroxylation sites is 1. The molecule has 0 bridgehead atoms. The summed E-state index contributed by atoms with van der Waals surface area (Å²) in [5.74, 6) is 8.10. The van der Waals surface area contributed by atoms with Crippen molar-refractivity contribution in [3.05, 3.63) is 58.0 Å². The number of hydrogen-bond donors (Lipinski definition) is 0. The molecule has 5 heterocycles. The first-order chi connectivity index (χ1) is 15.6. The van der Waals surface area contributed by atoms with E-state index in [2.05, 4.69) is 28.1 Å². The maximum Gasteiger partial charge on any atom is 0.257 e. The number of hydrogen-bond acceptors (Lipinski definition) is 5. The van der Waals surface area contributed by atoms with E-state index in [9.17, 15) is 9.59 Å². The van der Waals surface area contributed by atoms with Crippen LogP contribution in [-0.2, 0) is 11.2 Å². The Kier molecular flexibility index (Phi) is 4.40. The molecule has 3 aliphatic heterocycles. The molecule has 160 valence electrons. The van der Waals surface area contributed by atoms with Gasteiger partial charge >= 0.3 is 0 Å². The van der Waals surface area contributed by atoms with Gasteiger partial charge in [-0.3, -0.25) is 14.2 Å². The number of thiophene rings is 1. The highest BCUT2D eigenvalue weighted by Gasteiger charge is 2.39. The third-order valence-electron chi connectivity index (χ3n) is 6.45. The number of carbonyl (C=O) groups is 2. The molecule has 1 fully saturated rings. The van der Waals surface area contributed by atoms with Gasteiger partial charge in [0.15, 0.2) is 5.82 Å². The maximum absolute atomic E-state index is 13.3. The lowest BCUT2D eigenvalue weighted by Gasteiger charge is -2.27. The molecule has 2 aromatic heterocycles.